The molecular formula is C8H12O3S. The van der Waals surface area contributed by atoms with Crippen molar-refractivity contribution in [1.82, 2.24) is 0 Å². The van der Waals surface area contributed by atoms with Crippen molar-refractivity contribution in [2.45, 2.75) is 19.3 Å². The van der Waals surface area contributed by atoms with Crippen molar-refractivity contribution >= 4 is 18.0 Å². The summed E-state index contributed by atoms with van der Waals surface area (Å²) in [7, 11) is 0. The van der Waals surface area contributed by atoms with E-state index in [0.717, 1.165) is 25.2 Å². The average molecular weight is 188 g/mol. The Morgan fingerprint density at radius 1 is 1.58 bits per heavy atom. The van der Waals surface area contributed by atoms with Crippen LogP contribution in [0.5, 0.6) is 0 Å². The van der Waals surface area contributed by atoms with Crippen molar-refractivity contribution in [3.63, 3.8) is 0 Å². The Kier molecular flexibility index (Phi) is 2.04. The topological polar surface area (TPSA) is 35.5 Å². The van der Waals surface area contributed by atoms with Gasteiger partial charge < -0.3 is 4.74 Å². The second kappa shape index (κ2) is 2.92. The number of hydrogen-bond donors (Lipinski definition) is 0. The summed E-state index contributed by atoms with van der Waals surface area (Å²) >= 11 is 1.22. The molecule has 0 atom stereocenters. The van der Waals surface area contributed by atoms with Gasteiger partial charge in [-0.25, -0.2) is 0 Å². The van der Waals surface area contributed by atoms with Crippen molar-refractivity contribution in [2.75, 3.05) is 13.0 Å². The Hall–Kier alpha value is -0.220. The van der Waals surface area contributed by atoms with Gasteiger partial charge in [0.25, 0.3) is 0 Å². The van der Waals surface area contributed by atoms with Crippen LogP contribution < -0.4 is 0 Å². The first-order chi connectivity index (χ1) is 5.77. The molecule has 0 aromatic heterocycles. The van der Waals surface area contributed by atoms with Gasteiger partial charge >= 0.3 is 5.97 Å². The van der Waals surface area contributed by atoms with Crippen molar-refractivity contribution in [3.05, 3.63) is 0 Å². The summed E-state index contributed by atoms with van der Waals surface area (Å²) in [5.74, 6) is 0.762. The second-order valence-electron chi connectivity index (χ2n) is 3.59. The normalized spacial score (nSPS) is 36.6. The van der Waals surface area contributed by atoms with Crippen LogP contribution in [0.4, 0.5) is 0 Å². The van der Waals surface area contributed by atoms with Crippen LogP contribution in [0.15, 0.2) is 0 Å². The SMILES string of the molecule is CSOCOC(=O)C12CC(C1)C2. The predicted octanol–water partition coefficient (Wildman–Crippen LogP) is 1.58. The molecule has 3 saturated carbocycles. The third-order valence-corrected chi connectivity index (χ3v) is 3.16. The highest BCUT2D eigenvalue weighted by Crippen LogP contribution is 2.64. The zero-order chi connectivity index (χ0) is 8.60. The summed E-state index contributed by atoms with van der Waals surface area (Å²) < 4.78 is 9.80. The minimum atomic E-state index is -0.0769. The van der Waals surface area contributed by atoms with E-state index < -0.39 is 0 Å². The summed E-state index contributed by atoms with van der Waals surface area (Å²) in [4.78, 5) is 11.3. The van der Waals surface area contributed by atoms with Crippen molar-refractivity contribution in [3.8, 4) is 0 Å². The minimum absolute atomic E-state index is 0.0564. The van der Waals surface area contributed by atoms with Gasteiger partial charge in [0.15, 0.2) is 0 Å². The molecule has 3 aliphatic carbocycles. The molecule has 2 bridgehead atoms. The van der Waals surface area contributed by atoms with Crippen LogP contribution >= 0.6 is 12.0 Å². The van der Waals surface area contributed by atoms with Crippen LogP contribution in [0.2, 0.25) is 0 Å². The third kappa shape index (κ3) is 1.13. The maximum atomic E-state index is 11.3. The number of esters is 1. The second-order valence-corrected chi connectivity index (χ2v) is 4.16. The molecule has 0 saturated heterocycles. The van der Waals surface area contributed by atoms with E-state index in [0.29, 0.717) is 0 Å². The monoisotopic (exact) mass is 188 g/mol. The van der Waals surface area contributed by atoms with Crippen LogP contribution in [0.1, 0.15) is 19.3 Å². The van der Waals surface area contributed by atoms with Gasteiger partial charge in [-0.05, 0) is 37.2 Å². The van der Waals surface area contributed by atoms with Crippen molar-refractivity contribution in [1.29, 1.82) is 0 Å². The molecule has 0 aromatic rings. The van der Waals surface area contributed by atoms with Gasteiger partial charge in [-0.2, -0.15) is 0 Å². The zero-order valence-corrected chi connectivity index (χ0v) is 7.86. The van der Waals surface area contributed by atoms with E-state index >= 15 is 0 Å². The van der Waals surface area contributed by atoms with Gasteiger partial charge in [-0.1, -0.05) is 0 Å². The van der Waals surface area contributed by atoms with Crippen molar-refractivity contribution < 1.29 is 13.7 Å². The number of rotatable bonds is 4. The number of carbonyl (C=O) groups is 1. The summed E-state index contributed by atoms with van der Waals surface area (Å²) in [5.41, 5.74) is -0.0769. The highest BCUT2D eigenvalue weighted by molar-refractivity contribution is 7.93. The molecule has 0 spiro atoms. The maximum absolute atomic E-state index is 11.3. The van der Waals surface area contributed by atoms with Crippen LogP contribution in [0.3, 0.4) is 0 Å². The van der Waals surface area contributed by atoms with Crippen LogP contribution in [0.25, 0.3) is 0 Å². The quantitative estimate of drug-likeness (QED) is 0.290. The van der Waals surface area contributed by atoms with Gasteiger partial charge in [0.05, 0.1) is 5.41 Å². The molecule has 68 valence electrons. The Labute approximate surface area is 76.0 Å². The highest BCUT2D eigenvalue weighted by Gasteiger charge is 2.62. The largest absolute Gasteiger partial charge is 0.437 e. The standard InChI is InChI=1S/C8H12O3S/c1-12-11-5-10-7(9)8-2-6(3-8)4-8/h6H,2-5H2,1H3. The molecular weight excluding hydrogens is 176 g/mol. The Bertz CT molecular complexity index is 187. The van der Waals surface area contributed by atoms with Gasteiger partial charge in [-0.3, -0.25) is 8.98 Å². The van der Waals surface area contributed by atoms with Crippen LogP contribution in [-0.2, 0) is 13.7 Å². The lowest BCUT2D eigenvalue weighted by atomic mass is 9.44. The Morgan fingerprint density at radius 3 is 2.67 bits per heavy atom. The molecule has 0 unspecified atom stereocenters. The van der Waals surface area contributed by atoms with Crippen molar-refractivity contribution in [2.24, 2.45) is 11.3 Å². The maximum Gasteiger partial charge on any atom is 0.314 e. The first-order valence-electron chi connectivity index (χ1n) is 4.10. The summed E-state index contributed by atoms with van der Waals surface area (Å²) in [6, 6.07) is 0. The van der Waals surface area contributed by atoms with E-state index in [1.54, 1.807) is 6.26 Å². The molecule has 3 rings (SSSR count). The lowest BCUT2D eigenvalue weighted by Gasteiger charge is -2.59. The van der Waals surface area contributed by atoms with Gasteiger partial charge in [0.1, 0.15) is 0 Å². The molecule has 0 heterocycles. The van der Waals surface area contributed by atoms with Gasteiger partial charge in [-0.15, -0.1) is 0 Å². The smallest absolute Gasteiger partial charge is 0.314 e. The minimum Gasteiger partial charge on any atom is -0.437 e. The lowest BCUT2D eigenvalue weighted by Crippen LogP contribution is -2.57. The van der Waals surface area contributed by atoms with Gasteiger partial charge in [0.2, 0.25) is 6.79 Å². The van der Waals surface area contributed by atoms with Crippen LogP contribution in [-0.4, -0.2) is 19.0 Å². The molecule has 0 aromatic carbocycles. The molecule has 12 heavy (non-hydrogen) atoms. The third-order valence-electron chi connectivity index (χ3n) is 2.83. The molecule has 3 fully saturated rings. The number of hydrogen-bond acceptors (Lipinski definition) is 4. The molecule has 0 radical (unpaired) electrons. The van der Waals surface area contributed by atoms with Gasteiger partial charge in [0, 0.05) is 6.26 Å². The Balaban J connectivity index is 1.70. The first kappa shape index (κ1) is 8.38. The zero-order valence-electron chi connectivity index (χ0n) is 7.04. The molecule has 3 nitrogen and oxygen atoms in total. The van der Waals surface area contributed by atoms with E-state index in [-0.39, 0.29) is 18.2 Å². The number of ether oxygens (including phenoxy) is 1. The van der Waals surface area contributed by atoms with Crippen LogP contribution in [0, 0.1) is 11.3 Å². The predicted molar refractivity (Wildman–Crippen MR) is 45.3 cm³/mol. The summed E-state index contributed by atoms with van der Waals surface area (Å²) in [6.07, 6.45) is 4.94. The van der Waals surface area contributed by atoms with E-state index in [2.05, 4.69) is 0 Å². The average Bonchev–Trinajstić information content (AvgIpc) is 1.81. The fraction of sp³-hybridized carbons (Fsp3) is 0.875. The number of carbonyl (C=O) groups excluding carboxylic acids is 1. The summed E-state index contributed by atoms with van der Waals surface area (Å²) in [5, 5.41) is 0. The molecule has 0 amide bonds. The summed E-state index contributed by atoms with van der Waals surface area (Å²) in [6.45, 7) is 0.0897. The van der Waals surface area contributed by atoms with E-state index in [1.165, 1.54) is 12.0 Å². The lowest BCUT2D eigenvalue weighted by molar-refractivity contribution is -0.196. The molecule has 0 aliphatic heterocycles. The van der Waals surface area contributed by atoms with E-state index in [4.69, 9.17) is 8.92 Å². The Morgan fingerprint density at radius 2 is 2.25 bits per heavy atom. The van der Waals surface area contributed by atoms with E-state index in [1.807, 2.05) is 0 Å². The highest BCUT2D eigenvalue weighted by atomic mass is 32.2. The fourth-order valence-electron chi connectivity index (χ4n) is 2.01. The molecule has 4 heteroatoms. The molecule has 0 N–H and O–H groups in total. The molecule has 3 aliphatic rings. The first-order valence-corrected chi connectivity index (χ1v) is 5.25. The van der Waals surface area contributed by atoms with E-state index in [9.17, 15) is 4.79 Å². The fourth-order valence-corrected chi connectivity index (χ4v) is 2.15.